The summed E-state index contributed by atoms with van der Waals surface area (Å²) in [6.07, 6.45) is 10.4. The molecule has 2 saturated carbocycles. The Morgan fingerprint density at radius 2 is 2.11 bits per heavy atom. The molecule has 18 heavy (non-hydrogen) atoms. The van der Waals surface area contributed by atoms with Gasteiger partial charge in [-0.25, -0.2) is 4.98 Å². The highest BCUT2D eigenvalue weighted by Gasteiger charge is 2.23. The Hall–Kier alpha value is -1.03. The average molecular weight is 249 g/mol. The molecule has 1 aromatic rings. The van der Waals surface area contributed by atoms with E-state index in [1.54, 1.807) is 0 Å². The Balaban J connectivity index is 1.50. The number of rotatable bonds is 6. The van der Waals surface area contributed by atoms with Crippen molar-refractivity contribution in [2.45, 2.75) is 64.1 Å². The van der Waals surface area contributed by atoms with Crippen molar-refractivity contribution in [2.75, 3.05) is 11.9 Å². The van der Waals surface area contributed by atoms with E-state index in [-0.39, 0.29) is 0 Å². The summed E-state index contributed by atoms with van der Waals surface area (Å²) in [5.74, 6) is 1.02. The fraction of sp³-hybridized carbons (Fsp3) is 0.786. The molecule has 1 N–H and O–H groups in total. The highest BCUT2D eigenvalue weighted by Crippen LogP contribution is 2.24. The number of aromatic nitrogens is 2. The smallest absolute Gasteiger partial charge is 0.203 e. The summed E-state index contributed by atoms with van der Waals surface area (Å²) < 4.78 is 8.11. The van der Waals surface area contributed by atoms with Crippen molar-refractivity contribution in [2.24, 2.45) is 0 Å². The third-order valence-corrected chi connectivity index (χ3v) is 3.80. The topological polar surface area (TPSA) is 39.1 Å². The Morgan fingerprint density at radius 3 is 2.83 bits per heavy atom. The van der Waals surface area contributed by atoms with Gasteiger partial charge in [-0.15, -0.1) is 0 Å². The Bertz CT molecular complexity index is 392. The third kappa shape index (κ3) is 3.05. The van der Waals surface area contributed by atoms with Crippen molar-refractivity contribution in [3.05, 3.63) is 11.9 Å². The van der Waals surface area contributed by atoms with Crippen molar-refractivity contribution in [3.8, 4) is 0 Å². The lowest BCUT2D eigenvalue weighted by atomic mass is 10.3. The standard InChI is InChI=1S/C14H23N3O/c1-11-10-17(14(15-11)16-12-6-7-12)8-9-18-13-4-2-3-5-13/h10,12-13H,2-9H2,1H3,(H,15,16). The summed E-state index contributed by atoms with van der Waals surface area (Å²) >= 11 is 0. The second-order valence-electron chi connectivity index (χ2n) is 5.60. The highest BCUT2D eigenvalue weighted by molar-refractivity contribution is 5.32. The number of aryl methyl sites for hydroxylation is 1. The molecule has 4 nitrogen and oxygen atoms in total. The fourth-order valence-electron chi connectivity index (χ4n) is 2.62. The van der Waals surface area contributed by atoms with E-state index < -0.39 is 0 Å². The van der Waals surface area contributed by atoms with E-state index in [0.29, 0.717) is 12.1 Å². The number of imidazole rings is 1. The molecule has 2 aliphatic rings. The van der Waals surface area contributed by atoms with E-state index in [9.17, 15) is 0 Å². The first-order chi connectivity index (χ1) is 8.81. The van der Waals surface area contributed by atoms with Gasteiger partial charge >= 0.3 is 0 Å². The minimum absolute atomic E-state index is 0.509. The van der Waals surface area contributed by atoms with Crippen LogP contribution in [0, 0.1) is 6.92 Å². The van der Waals surface area contributed by atoms with Crippen molar-refractivity contribution >= 4 is 5.95 Å². The van der Waals surface area contributed by atoms with Crippen LogP contribution in [0.5, 0.6) is 0 Å². The summed E-state index contributed by atoms with van der Waals surface area (Å²) in [5, 5.41) is 3.48. The van der Waals surface area contributed by atoms with Gasteiger partial charge in [0.25, 0.3) is 0 Å². The predicted molar refractivity (Wildman–Crippen MR) is 71.8 cm³/mol. The number of hydrogen-bond acceptors (Lipinski definition) is 3. The van der Waals surface area contributed by atoms with Gasteiger partial charge in [-0.3, -0.25) is 0 Å². The van der Waals surface area contributed by atoms with Crippen molar-refractivity contribution < 1.29 is 4.74 Å². The molecule has 0 bridgehead atoms. The molecule has 4 heteroatoms. The number of nitrogens with zero attached hydrogens (tertiary/aromatic N) is 2. The van der Waals surface area contributed by atoms with Crippen LogP contribution in [0.1, 0.15) is 44.2 Å². The second kappa shape index (κ2) is 5.31. The maximum atomic E-state index is 5.92. The van der Waals surface area contributed by atoms with Crippen LogP contribution in [-0.2, 0) is 11.3 Å². The number of anilines is 1. The summed E-state index contributed by atoms with van der Waals surface area (Å²) in [4.78, 5) is 4.54. The van der Waals surface area contributed by atoms with Crippen LogP contribution in [-0.4, -0.2) is 28.3 Å². The van der Waals surface area contributed by atoms with Crippen LogP contribution in [0.2, 0.25) is 0 Å². The number of hydrogen-bond donors (Lipinski definition) is 1. The molecule has 0 atom stereocenters. The maximum Gasteiger partial charge on any atom is 0.203 e. The normalized spacial score (nSPS) is 20.5. The van der Waals surface area contributed by atoms with E-state index in [0.717, 1.165) is 24.8 Å². The molecule has 100 valence electrons. The minimum Gasteiger partial charge on any atom is -0.376 e. The molecule has 1 heterocycles. The zero-order valence-corrected chi connectivity index (χ0v) is 11.2. The van der Waals surface area contributed by atoms with Crippen LogP contribution in [0.3, 0.4) is 0 Å². The third-order valence-electron chi connectivity index (χ3n) is 3.80. The minimum atomic E-state index is 0.509. The molecule has 0 unspecified atom stereocenters. The van der Waals surface area contributed by atoms with Crippen molar-refractivity contribution in [1.82, 2.24) is 9.55 Å². The molecule has 0 aliphatic heterocycles. The first-order valence-corrected chi connectivity index (χ1v) is 7.23. The quantitative estimate of drug-likeness (QED) is 0.842. The molecule has 0 radical (unpaired) electrons. The van der Waals surface area contributed by atoms with Gasteiger partial charge in [0.15, 0.2) is 0 Å². The van der Waals surface area contributed by atoms with Crippen molar-refractivity contribution in [3.63, 3.8) is 0 Å². The van der Waals surface area contributed by atoms with E-state index in [1.807, 2.05) is 6.92 Å². The number of nitrogens with one attached hydrogen (secondary N) is 1. The van der Waals surface area contributed by atoms with Crippen LogP contribution in [0.4, 0.5) is 5.95 Å². The summed E-state index contributed by atoms with van der Waals surface area (Å²) in [7, 11) is 0. The molecular weight excluding hydrogens is 226 g/mol. The molecular formula is C14H23N3O. The van der Waals surface area contributed by atoms with Crippen LogP contribution in [0.15, 0.2) is 6.20 Å². The molecule has 1 aromatic heterocycles. The molecule has 0 amide bonds. The lowest BCUT2D eigenvalue weighted by molar-refractivity contribution is 0.0532. The van der Waals surface area contributed by atoms with Gasteiger partial charge < -0.3 is 14.6 Å². The van der Waals surface area contributed by atoms with E-state index >= 15 is 0 Å². The molecule has 0 aromatic carbocycles. The molecule has 0 saturated heterocycles. The van der Waals surface area contributed by atoms with Gasteiger partial charge in [-0.05, 0) is 32.6 Å². The van der Waals surface area contributed by atoms with Gasteiger partial charge in [0.2, 0.25) is 5.95 Å². The van der Waals surface area contributed by atoms with Gasteiger partial charge in [0, 0.05) is 18.8 Å². The zero-order chi connectivity index (χ0) is 12.4. The molecule has 2 aliphatic carbocycles. The largest absolute Gasteiger partial charge is 0.376 e. The SMILES string of the molecule is Cc1cn(CCOC2CCCC2)c(NC2CC2)n1. The average Bonchev–Trinajstić information content (AvgIpc) is 2.87. The summed E-state index contributed by atoms with van der Waals surface area (Å²) in [6.45, 7) is 3.76. The molecule has 3 rings (SSSR count). The second-order valence-corrected chi connectivity index (χ2v) is 5.60. The van der Waals surface area contributed by atoms with Crippen LogP contribution >= 0.6 is 0 Å². The first kappa shape index (κ1) is 12.0. The Kier molecular flexibility index (Phi) is 3.55. The van der Waals surface area contributed by atoms with Gasteiger partial charge in [0.05, 0.1) is 18.4 Å². The first-order valence-electron chi connectivity index (χ1n) is 7.23. The van der Waals surface area contributed by atoms with E-state index in [4.69, 9.17) is 4.74 Å². The number of ether oxygens (including phenoxy) is 1. The molecule has 0 spiro atoms. The van der Waals surface area contributed by atoms with E-state index in [1.165, 1.54) is 38.5 Å². The summed E-state index contributed by atoms with van der Waals surface area (Å²) in [5.41, 5.74) is 1.08. The Morgan fingerprint density at radius 1 is 1.33 bits per heavy atom. The van der Waals surface area contributed by atoms with Crippen molar-refractivity contribution in [1.29, 1.82) is 0 Å². The van der Waals surface area contributed by atoms with Gasteiger partial charge in [0.1, 0.15) is 0 Å². The summed E-state index contributed by atoms with van der Waals surface area (Å²) in [6, 6.07) is 0.654. The predicted octanol–water partition coefficient (Wildman–Crippen LogP) is 2.73. The monoisotopic (exact) mass is 249 g/mol. The highest BCUT2D eigenvalue weighted by atomic mass is 16.5. The lowest BCUT2D eigenvalue weighted by Gasteiger charge is -2.13. The van der Waals surface area contributed by atoms with Gasteiger partial charge in [-0.1, -0.05) is 12.8 Å². The van der Waals surface area contributed by atoms with E-state index in [2.05, 4.69) is 21.1 Å². The maximum absolute atomic E-state index is 5.92. The fourth-order valence-corrected chi connectivity index (χ4v) is 2.62. The lowest BCUT2D eigenvalue weighted by Crippen LogP contribution is -2.15. The molecule has 2 fully saturated rings. The zero-order valence-electron chi connectivity index (χ0n) is 11.2. The van der Waals surface area contributed by atoms with Gasteiger partial charge in [-0.2, -0.15) is 0 Å². The Labute approximate surface area is 109 Å². The van der Waals surface area contributed by atoms with Crippen LogP contribution in [0.25, 0.3) is 0 Å². The van der Waals surface area contributed by atoms with Crippen LogP contribution < -0.4 is 5.32 Å².